The minimum Gasteiger partial charge on any atom is -0.474 e. The molecule has 0 unspecified atom stereocenters. The number of primary amides is 1. The fourth-order valence-corrected chi connectivity index (χ4v) is 5.43. The molecule has 1 spiro atoms. The second-order valence-corrected chi connectivity index (χ2v) is 9.49. The molecule has 4 N–H and O–H groups in total. The Kier molecular flexibility index (Phi) is 6.42. The third kappa shape index (κ3) is 4.60. The number of carbonyl (C=O) groups excluding carboxylic acids is 1. The van der Waals surface area contributed by atoms with E-state index in [9.17, 15) is 0 Å². The van der Waals surface area contributed by atoms with E-state index in [4.69, 9.17) is 14.3 Å². The summed E-state index contributed by atoms with van der Waals surface area (Å²) in [6.45, 7) is 5.47. The van der Waals surface area contributed by atoms with Crippen molar-refractivity contribution >= 4 is 22.9 Å². The highest BCUT2D eigenvalue weighted by atomic mass is 19.1. The van der Waals surface area contributed by atoms with Crippen LogP contribution in [0.5, 0.6) is 11.8 Å². The van der Waals surface area contributed by atoms with E-state index in [1.54, 1.807) is 12.4 Å². The van der Waals surface area contributed by atoms with E-state index in [1.165, 1.54) is 18.9 Å². The third-order valence-corrected chi connectivity index (χ3v) is 7.29. The summed E-state index contributed by atoms with van der Waals surface area (Å²) >= 11 is 0. The molecule has 2 fully saturated rings. The fraction of sp³-hybridized carbons (Fsp3) is 0.423. The zero-order valence-corrected chi connectivity index (χ0v) is 19.8. The van der Waals surface area contributed by atoms with Gasteiger partial charge in [-0.2, -0.15) is 0 Å². The lowest BCUT2D eigenvalue weighted by atomic mass is 9.62. The van der Waals surface area contributed by atoms with Gasteiger partial charge in [0.05, 0.1) is 0 Å². The number of ether oxygens (including phenoxy) is 2. The van der Waals surface area contributed by atoms with Gasteiger partial charge in [0.1, 0.15) is 24.2 Å². The smallest absolute Gasteiger partial charge is 0.237 e. The van der Waals surface area contributed by atoms with E-state index in [-0.39, 0.29) is 18.3 Å². The number of hydrogen-bond donors (Lipinski definition) is 3. The van der Waals surface area contributed by atoms with Crippen molar-refractivity contribution in [3.05, 3.63) is 42.0 Å². The van der Waals surface area contributed by atoms with Gasteiger partial charge in [0.25, 0.3) is 0 Å². The van der Waals surface area contributed by atoms with Crippen LogP contribution in [-0.2, 0) is 4.79 Å². The molecular weight excluding hydrogens is 449 g/mol. The maximum Gasteiger partial charge on any atom is 0.237 e. The van der Waals surface area contributed by atoms with Crippen molar-refractivity contribution in [3.63, 3.8) is 0 Å². The van der Waals surface area contributed by atoms with Gasteiger partial charge in [0, 0.05) is 41.5 Å². The summed E-state index contributed by atoms with van der Waals surface area (Å²) < 4.78 is 26.9. The van der Waals surface area contributed by atoms with Crippen LogP contribution in [0, 0.1) is 18.2 Å². The van der Waals surface area contributed by atoms with Crippen LogP contribution in [0.1, 0.15) is 31.2 Å². The van der Waals surface area contributed by atoms with Crippen molar-refractivity contribution in [3.8, 4) is 22.9 Å². The van der Waals surface area contributed by atoms with Gasteiger partial charge in [-0.05, 0) is 74.2 Å². The fourth-order valence-electron chi connectivity index (χ4n) is 5.43. The van der Waals surface area contributed by atoms with Gasteiger partial charge < -0.3 is 25.8 Å². The van der Waals surface area contributed by atoms with Crippen molar-refractivity contribution in [1.82, 2.24) is 15.3 Å². The van der Waals surface area contributed by atoms with Crippen molar-refractivity contribution in [2.45, 2.75) is 38.7 Å². The molecule has 2 aromatic heterocycles. The van der Waals surface area contributed by atoms with E-state index in [0.717, 1.165) is 53.5 Å². The highest BCUT2D eigenvalue weighted by molar-refractivity contribution is 5.89. The average Bonchev–Trinajstić information content (AvgIpc) is 2.85. The summed E-state index contributed by atoms with van der Waals surface area (Å²) in [6, 6.07) is 5.33. The highest BCUT2D eigenvalue weighted by Gasteiger charge is 2.45. The van der Waals surface area contributed by atoms with Crippen LogP contribution in [0.4, 0.5) is 10.1 Å². The van der Waals surface area contributed by atoms with Crippen molar-refractivity contribution < 1.29 is 18.7 Å². The number of piperidine rings is 1. The van der Waals surface area contributed by atoms with E-state index in [0.29, 0.717) is 35.9 Å². The number of benzene rings is 1. The minimum atomic E-state index is -0.290. The zero-order chi connectivity index (χ0) is 24.4. The lowest BCUT2D eigenvalue weighted by Gasteiger charge is -2.49. The number of nitrogens with one attached hydrogen (secondary N) is 2. The number of carbonyl (C=O) groups is 1. The molecule has 1 amide bonds. The second-order valence-electron chi connectivity index (χ2n) is 9.49. The number of aromatic nitrogens is 2. The molecule has 184 valence electrons. The molecule has 1 aromatic carbocycles. The van der Waals surface area contributed by atoms with Crippen LogP contribution in [-0.4, -0.2) is 48.7 Å². The van der Waals surface area contributed by atoms with Crippen LogP contribution >= 0.6 is 0 Å². The van der Waals surface area contributed by atoms with Gasteiger partial charge in [-0.15, -0.1) is 0 Å². The van der Waals surface area contributed by atoms with Crippen LogP contribution in [0.2, 0.25) is 0 Å². The normalized spacial score (nSPS) is 18.3. The molecule has 3 aliphatic rings. The third-order valence-electron chi connectivity index (χ3n) is 7.29. The Morgan fingerprint density at radius 1 is 1.11 bits per heavy atom. The highest BCUT2D eigenvalue weighted by Crippen LogP contribution is 2.49. The summed E-state index contributed by atoms with van der Waals surface area (Å²) in [7, 11) is 0. The van der Waals surface area contributed by atoms with Crippen LogP contribution in [0.25, 0.3) is 21.9 Å². The summed E-state index contributed by atoms with van der Waals surface area (Å²) in [5.74, 6) is 0.895. The Labute approximate surface area is 203 Å². The number of halogens is 1. The lowest BCUT2D eigenvalue weighted by Crippen LogP contribution is -2.49. The Morgan fingerprint density at radius 2 is 1.89 bits per heavy atom. The molecule has 0 bridgehead atoms. The SMILES string of the molecule is Cc1c(-c2cc3cc(OC4CC5(CCNCC5)C4)ncc3cc2F)cnc2c1NCCO2.NC=O. The van der Waals surface area contributed by atoms with Crippen LogP contribution in [0.3, 0.4) is 0 Å². The number of hydrogen-bond acceptors (Lipinski definition) is 7. The number of fused-ring (bicyclic) bond motifs is 2. The van der Waals surface area contributed by atoms with Crippen LogP contribution < -0.4 is 25.8 Å². The average molecular weight is 480 g/mol. The first kappa shape index (κ1) is 23.3. The predicted octanol–water partition coefficient (Wildman–Crippen LogP) is 3.56. The first-order valence-corrected chi connectivity index (χ1v) is 12.0. The van der Waals surface area contributed by atoms with E-state index in [1.807, 2.05) is 19.1 Å². The molecule has 2 aliphatic heterocycles. The number of rotatable bonds is 3. The van der Waals surface area contributed by atoms with Crippen molar-refractivity contribution in [2.24, 2.45) is 11.1 Å². The maximum absolute atomic E-state index is 15.1. The number of nitrogens with zero attached hydrogens (tertiary/aromatic N) is 2. The number of pyridine rings is 2. The Bertz CT molecular complexity index is 1240. The molecular formula is C26H30FN5O3. The van der Waals surface area contributed by atoms with Crippen molar-refractivity contribution in [1.29, 1.82) is 0 Å². The summed E-state index contributed by atoms with van der Waals surface area (Å²) in [6.07, 6.45) is 8.51. The summed E-state index contributed by atoms with van der Waals surface area (Å²) in [5, 5.41) is 8.42. The van der Waals surface area contributed by atoms with E-state index in [2.05, 4.69) is 26.3 Å². The largest absolute Gasteiger partial charge is 0.474 e. The second kappa shape index (κ2) is 9.65. The van der Waals surface area contributed by atoms with Gasteiger partial charge in [0.15, 0.2) is 0 Å². The molecule has 9 heteroatoms. The van der Waals surface area contributed by atoms with Gasteiger partial charge in [-0.1, -0.05) is 0 Å². The molecule has 0 radical (unpaired) electrons. The first-order valence-electron chi connectivity index (χ1n) is 12.0. The van der Waals surface area contributed by atoms with E-state index < -0.39 is 0 Å². The predicted molar refractivity (Wildman–Crippen MR) is 132 cm³/mol. The maximum atomic E-state index is 15.1. The van der Waals surface area contributed by atoms with Gasteiger partial charge in [-0.25, -0.2) is 14.4 Å². The summed E-state index contributed by atoms with van der Waals surface area (Å²) in [4.78, 5) is 17.4. The molecule has 4 heterocycles. The number of amides is 1. The first-order chi connectivity index (χ1) is 17.0. The Hall–Kier alpha value is -3.46. The molecule has 1 aliphatic carbocycles. The van der Waals surface area contributed by atoms with Gasteiger partial charge in [0.2, 0.25) is 18.2 Å². The topological polar surface area (TPSA) is 111 Å². The minimum absolute atomic E-state index is 0.219. The number of nitrogens with two attached hydrogens (primary N) is 1. The van der Waals surface area contributed by atoms with E-state index >= 15 is 4.39 Å². The van der Waals surface area contributed by atoms with Crippen LogP contribution in [0.15, 0.2) is 30.6 Å². The Morgan fingerprint density at radius 3 is 2.66 bits per heavy atom. The molecule has 1 saturated carbocycles. The lowest BCUT2D eigenvalue weighted by molar-refractivity contribution is -0.106. The quantitative estimate of drug-likeness (QED) is 0.493. The van der Waals surface area contributed by atoms with Crippen molar-refractivity contribution in [2.75, 3.05) is 31.6 Å². The molecule has 6 rings (SSSR count). The number of anilines is 1. The summed E-state index contributed by atoms with van der Waals surface area (Å²) in [5.41, 5.74) is 7.67. The molecule has 8 nitrogen and oxygen atoms in total. The monoisotopic (exact) mass is 479 g/mol. The molecule has 35 heavy (non-hydrogen) atoms. The standard InChI is InChI=1S/C25H27FN4O2.CH3NO/c1-15-20(14-30-24-23(15)28-6-7-31-24)19-8-16-10-22(29-13-17(16)9-21(19)26)32-18-11-25(12-18)2-4-27-5-3-25;2-1-3/h8-10,13-14,18,27-28H,2-7,11-12H2,1H3;1H,(H2,2,3). The molecule has 1 saturated heterocycles. The van der Waals surface area contributed by atoms with Gasteiger partial charge >= 0.3 is 0 Å². The van der Waals surface area contributed by atoms with Gasteiger partial charge in [-0.3, -0.25) is 4.79 Å². The Balaban J connectivity index is 0.000000806. The molecule has 3 aromatic rings. The zero-order valence-electron chi connectivity index (χ0n) is 19.8. The molecule has 0 atom stereocenters.